The van der Waals surface area contributed by atoms with Crippen LogP contribution in [0.2, 0.25) is 0 Å². The van der Waals surface area contributed by atoms with Crippen LogP contribution in [-0.4, -0.2) is 48.1 Å². The Morgan fingerprint density at radius 3 is 1.19 bits per heavy atom. The topological polar surface area (TPSA) is 125 Å². The number of rotatable bonds is 2. The van der Waals surface area contributed by atoms with Gasteiger partial charge in [0.2, 0.25) is 0 Å². The second-order valence-electron chi connectivity index (χ2n) is 11.8. The molecule has 0 unspecified atom stereocenters. The number of ketones is 4. The first-order valence-corrected chi connectivity index (χ1v) is 16.6. The number of carbonyl (C=O) groups excluding carboxylic acids is 4. The highest BCUT2D eigenvalue weighted by Crippen LogP contribution is 2.42. The molecule has 3 heterocycles. The van der Waals surface area contributed by atoms with E-state index in [1.165, 1.54) is 27.5 Å². The zero-order valence-corrected chi connectivity index (χ0v) is 26.4. The minimum absolute atomic E-state index is 0.0613. The number of thiazole rings is 2. The van der Waals surface area contributed by atoms with Gasteiger partial charge in [0.15, 0.2) is 23.1 Å². The molecule has 5 aromatic carbocycles. The summed E-state index contributed by atoms with van der Waals surface area (Å²) in [6.45, 7) is 0. The van der Waals surface area contributed by atoms with Gasteiger partial charge in [-0.3, -0.25) is 19.2 Å². The molecule has 2 aliphatic rings. The van der Waals surface area contributed by atoms with Gasteiger partial charge in [-0.1, -0.05) is 48.5 Å². The van der Waals surface area contributed by atoms with Gasteiger partial charge in [-0.25, -0.2) is 9.97 Å². The molecule has 10 rings (SSSR count). The van der Waals surface area contributed by atoms with Crippen LogP contribution in [0.15, 0.2) is 83.9 Å². The van der Waals surface area contributed by atoms with Crippen molar-refractivity contribution in [3.05, 3.63) is 116 Å². The third-order valence-corrected chi connectivity index (χ3v) is 11.1. The van der Waals surface area contributed by atoms with Gasteiger partial charge in [0.05, 0.1) is 20.5 Å². The lowest BCUT2D eigenvalue weighted by Gasteiger charge is -2.00. The Balaban J connectivity index is 1.11. The number of fused-ring (bicyclic) bond motifs is 10. The highest BCUT2D eigenvalue weighted by atomic mass is 32.1. The SMILES string of the molecule is Cn1nc2c(n1)c1nc(C=C3C(=O)c4cc5ccccc5cc4C3=O)sc1c1sc(C=C3C(=O)c4cc5ccccc5cc4C3=O)nc21. The largest absolute Gasteiger partial charge is 0.288 e. The van der Waals surface area contributed by atoms with Crippen molar-refractivity contribution >= 4 is 111 Å². The van der Waals surface area contributed by atoms with Crippen molar-refractivity contribution in [3.63, 3.8) is 0 Å². The third-order valence-electron chi connectivity index (χ3n) is 8.92. The number of carbonyl (C=O) groups is 4. The van der Waals surface area contributed by atoms with Gasteiger partial charge in [-0.2, -0.15) is 15.0 Å². The van der Waals surface area contributed by atoms with Gasteiger partial charge in [0.1, 0.15) is 32.1 Å². The summed E-state index contributed by atoms with van der Waals surface area (Å²) in [6.07, 6.45) is 3.10. The molecule has 0 atom stereocenters. The Morgan fingerprint density at radius 2 is 0.854 bits per heavy atom. The smallest absolute Gasteiger partial charge is 0.197 e. The summed E-state index contributed by atoms with van der Waals surface area (Å²) in [6, 6.07) is 22.3. The number of benzene rings is 5. The zero-order valence-electron chi connectivity index (χ0n) is 24.8. The standard InChI is InChI=1S/C37H17N5O4S2/c1-42-40-28-29(41-42)31-37(48-27(39-31)15-25-34(45)22-12-18-8-4-5-9-19(18)13-23(22)35(25)46)36-30(28)38-26(47-36)14-24-32(43)20-10-16-6-2-3-7-17(16)11-21(20)33(24)44/h2-15H,1H3. The molecule has 0 N–H and O–H groups in total. The highest BCUT2D eigenvalue weighted by molar-refractivity contribution is 7.27. The summed E-state index contributed by atoms with van der Waals surface area (Å²) in [7, 11) is 1.70. The highest BCUT2D eigenvalue weighted by Gasteiger charge is 2.35. The van der Waals surface area contributed by atoms with Crippen LogP contribution in [0.25, 0.3) is 65.2 Å². The monoisotopic (exact) mass is 659 g/mol. The molecule has 0 aliphatic heterocycles. The molecule has 0 saturated heterocycles. The van der Waals surface area contributed by atoms with E-state index in [4.69, 9.17) is 9.97 Å². The first-order valence-electron chi connectivity index (χ1n) is 14.9. The van der Waals surface area contributed by atoms with Crippen molar-refractivity contribution in [2.45, 2.75) is 0 Å². The Morgan fingerprint density at radius 1 is 0.521 bits per heavy atom. The van der Waals surface area contributed by atoms with Crippen molar-refractivity contribution < 1.29 is 19.2 Å². The van der Waals surface area contributed by atoms with Crippen LogP contribution < -0.4 is 0 Å². The fourth-order valence-corrected chi connectivity index (χ4v) is 8.83. The molecule has 0 saturated carbocycles. The van der Waals surface area contributed by atoms with Gasteiger partial charge in [0, 0.05) is 29.3 Å². The van der Waals surface area contributed by atoms with Crippen LogP contribution in [-0.2, 0) is 7.05 Å². The third kappa shape index (κ3) is 3.70. The van der Waals surface area contributed by atoms with E-state index < -0.39 is 0 Å². The second-order valence-corrected chi connectivity index (χ2v) is 13.8. The predicted molar refractivity (Wildman–Crippen MR) is 186 cm³/mol. The lowest BCUT2D eigenvalue weighted by Crippen LogP contribution is -2.00. The maximum absolute atomic E-state index is 13.5. The van der Waals surface area contributed by atoms with Gasteiger partial charge in [-0.15, -0.1) is 22.7 Å². The summed E-state index contributed by atoms with van der Waals surface area (Å²) < 4.78 is 1.51. The summed E-state index contributed by atoms with van der Waals surface area (Å²) in [4.78, 5) is 64.9. The lowest BCUT2D eigenvalue weighted by molar-refractivity contribution is 0.0975. The van der Waals surface area contributed by atoms with Crippen molar-refractivity contribution in [2.75, 3.05) is 0 Å². The number of hydrogen-bond acceptors (Lipinski definition) is 10. The van der Waals surface area contributed by atoms with Crippen molar-refractivity contribution in [3.8, 4) is 0 Å². The van der Waals surface area contributed by atoms with E-state index in [1.54, 1.807) is 43.5 Å². The Bertz CT molecular complexity index is 2630. The van der Waals surface area contributed by atoms with Crippen LogP contribution in [0.5, 0.6) is 0 Å². The Labute approximate surface area is 277 Å². The molecule has 0 radical (unpaired) electrons. The number of aromatic nitrogens is 5. The minimum atomic E-state index is -0.332. The molecule has 2 aliphatic carbocycles. The molecule has 0 spiro atoms. The Kier molecular flexibility index (Phi) is 5.37. The van der Waals surface area contributed by atoms with Gasteiger partial charge in [0.25, 0.3) is 0 Å². The van der Waals surface area contributed by atoms with Gasteiger partial charge >= 0.3 is 0 Å². The van der Waals surface area contributed by atoms with E-state index in [1.807, 2.05) is 48.5 Å². The fraction of sp³-hybridized carbons (Fsp3) is 0.0270. The minimum Gasteiger partial charge on any atom is -0.288 e. The number of allylic oxidation sites excluding steroid dienone is 2. The lowest BCUT2D eigenvalue weighted by atomic mass is 10.0. The van der Waals surface area contributed by atoms with Gasteiger partial charge < -0.3 is 0 Å². The average Bonchev–Trinajstić information content (AvgIpc) is 3.89. The molecular weight excluding hydrogens is 643 g/mol. The molecule has 11 heteroatoms. The fourth-order valence-electron chi connectivity index (χ4n) is 6.68. The molecule has 8 aromatic rings. The molecule has 226 valence electrons. The van der Waals surface area contributed by atoms with E-state index >= 15 is 0 Å². The number of aryl methyl sites for hydroxylation is 1. The van der Waals surface area contributed by atoms with Crippen LogP contribution in [0.3, 0.4) is 0 Å². The first kappa shape index (κ1) is 27.1. The van der Waals surface area contributed by atoms with Crippen molar-refractivity contribution in [1.82, 2.24) is 25.0 Å². The predicted octanol–water partition coefficient (Wildman–Crippen LogP) is 7.42. The summed E-state index contributed by atoms with van der Waals surface area (Å²) in [5, 5.41) is 13.6. The average molecular weight is 660 g/mol. The van der Waals surface area contributed by atoms with Gasteiger partial charge in [-0.05, 0) is 58.0 Å². The number of hydrogen-bond donors (Lipinski definition) is 0. The van der Waals surface area contributed by atoms with Crippen LogP contribution in [0.1, 0.15) is 51.4 Å². The molecule has 3 aromatic heterocycles. The molecule has 0 bridgehead atoms. The molecule has 0 amide bonds. The van der Waals surface area contributed by atoms with Crippen LogP contribution in [0.4, 0.5) is 0 Å². The first-order chi connectivity index (χ1) is 23.3. The second kappa shape index (κ2) is 9.50. The molecule has 9 nitrogen and oxygen atoms in total. The van der Waals surface area contributed by atoms with E-state index in [0.29, 0.717) is 54.3 Å². The summed E-state index contributed by atoms with van der Waals surface area (Å²) in [5.74, 6) is -1.33. The number of Topliss-reactive ketones (excluding diaryl/α,β-unsaturated/α-hetero) is 4. The summed E-state index contributed by atoms with van der Waals surface area (Å²) in [5.41, 5.74) is 3.85. The summed E-state index contributed by atoms with van der Waals surface area (Å²) >= 11 is 2.64. The molecule has 48 heavy (non-hydrogen) atoms. The van der Waals surface area contributed by atoms with E-state index in [0.717, 1.165) is 30.9 Å². The van der Waals surface area contributed by atoms with E-state index in [2.05, 4.69) is 10.2 Å². The number of nitrogens with zero attached hydrogens (tertiary/aromatic N) is 5. The quantitative estimate of drug-likeness (QED) is 0.139. The van der Waals surface area contributed by atoms with Crippen molar-refractivity contribution in [2.24, 2.45) is 7.05 Å². The van der Waals surface area contributed by atoms with Crippen LogP contribution >= 0.6 is 22.7 Å². The normalized spacial score (nSPS) is 14.4. The molecule has 0 fully saturated rings. The Hall–Kier alpha value is -6.04. The maximum atomic E-state index is 13.5. The molecular formula is C37H17N5O4S2. The van der Waals surface area contributed by atoms with Crippen LogP contribution in [0, 0.1) is 0 Å². The van der Waals surface area contributed by atoms with E-state index in [-0.39, 0.29) is 34.3 Å². The zero-order chi connectivity index (χ0) is 32.4. The maximum Gasteiger partial charge on any atom is 0.197 e. The van der Waals surface area contributed by atoms with E-state index in [9.17, 15) is 19.2 Å². The van der Waals surface area contributed by atoms with Crippen molar-refractivity contribution in [1.29, 1.82) is 0 Å².